The molecule has 1 heterocycles. The first kappa shape index (κ1) is 32.1. The maximum Gasteiger partial charge on any atom is 0.435 e. The second-order valence-electron chi connectivity index (χ2n) is 10.00. The second kappa shape index (κ2) is 10.4. The maximum atomic E-state index is 14.9. The van der Waals surface area contributed by atoms with E-state index < -0.39 is 89.4 Å². The second-order valence-corrected chi connectivity index (χ2v) is 14.1. The van der Waals surface area contributed by atoms with Crippen LogP contribution in [0.5, 0.6) is 0 Å². The average molecular weight is 649 g/mol. The molecule has 2 unspecified atom stereocenters. The molecule has 0 aromatic heterocycles. The summed E-state index contributed by atoms with van der Waals surface area (Å²) in [5, 5.41) is 0. The van der Waals surface area contributed by atoms with Crippen molar-refractivity contribution in [2.45, 2.75) is 59.9 Å². The van der Waals surface area contributed by atoms with Crippen LogP contribution in [0.1, 0.15) is 36.5 Å². The van der Waals surface area contributed by atoms with Gasteiger partial charge in [0.05, 0.1) is 16.7 Å². The van der Waals surface area contributed by atoms with E-state index in [9.17, 15) is 56.8 Å². The minimum atomic E-state index is -6.41. The standard InChI is InChI=1S/C25H24F8N2O5S2/c1-2-34-41(37,38)12-9-21(36)35-11-10-22(42(39,40)18-6-4-17(26)5-7-18)19-8-3-16(13-15(19)14-20(22)35)23(27,24(28,29)30)25(31,32)33/h3-8,13,20,34H,2,9-12,14H2,1H3. The highest BCUT2D eigenvalue weighted by Gasteiger charge is 2.74. The van der Waals surface area contributed by atoms with Gasteiger partial charge in [0.1, 0.15) is 10.6 Å². The molecule has 1 aliphatic heterocycles. The molecular formula is C25H24F8N2O5S2. The molecule has 1 amide bonds. The number of sulfone groups is 1. The zero-order chi connectivity index (χ0) is 31.5. The summed E-state index contributed by atoms with van der Waals surface area (Å²) in [6, 6.07) is 3.34. The fourth-order valence-corrected chi connectivity index (χ4v) is 9.13. The third-order valence-electron chi connectivity index (χ3n) is 7.66. The predicted octanol–water partition coefficient (Wildman–Crippen LogP) is 4.27. The Morgan fingerprint density at radius 3 is 2.12 bits per heavy atom. The van der Waals surface area contributed by atoms with Crippen molar-refractivity contribution in [1.82, 2.24) is 9.62 Å². The summed E-state index contributed by atoms with van der Waals surface area (Å²) in [5.41, 5.74) is -8.18. The van der Waals surface area contributed by atoms with Gasteiger partial charge in [0.15, 0.2) is 9.84 Å². The first-order valence-electron chi connectivity index (χ1n) is 12.5. The first-order chi connectivity index (χ1) is 19.2. The normalized spacial score (nSPS) is 21.4. The van der Waals surface area contributed by atoms with Crippen molar-refractivity contribution in [3.05, 3.63) is 65.0 Å². The molecule has 232 valence electrons. The summed E-state index contributed by atoms with van der Waals surface area (Å²) in [6.45, 7) is 1.29. The molecule has 0 bridgehead atoms. The largest absolute Gasteiger partial charge is 0.435 e. The maximum absolute atomic E-state index is 14.9. The van der Waals surface area contributed by atoms with Gasteiger partial charge in [-0.05, 0) is 48.2 Å². The Morgan fingerprint density at radius 1 is 0.976 bits per heavy atom. The monoisotopic (exact) mass is 648 g/mol. The van der Waals surface area contributed by atoms with Crippen molar-refractivity contribution >= 4 is 25.8 Å². The molecule has 2 aliphatic rings. The lowest BCUT2D eigenvalue weighted by Crippen LogP contribution is -2.50. The number of hydrogen-bond acceptors (Lipinski definition) is 5. The molecule has 1 fully saturated rings. The Balaban J connectivity index is 1.86. The molecule has 2 aromatic rings. The molecule has 7 nitrogen and oxygen atoms in total. The predicted molar refractivity (Wildman–Crippen MR) is 133 cm³/mol. The van der Waals surface area contributed by atoms with Crippen molar-refractivity contribution in [3.8, 4) is 0 Å². The van der Waals surface area contributed by atoms with Gasteiger partial charge < -0.3 is 4.90 Å². The van der Waals surface area contributed by atoms with Crippen LogP contribution in [0.15, 0.2) is 47.4 Å². The Bertz CT molecular complexity index is 1580. The third-order valence-corrected chi connectivity index (χ3v) is 11.7. The Labute approximate surface area is 235 Å². The average Bonchev–Trinajstić information content (AvgIpc) is 3.41. The molecule has 42 heavy (non-hydrogen) atoms. The van der Waals surface area contributed by atoms with Crippen LogP contribution in [-0.4, -0.2) is 64.9 Å². The van der Waals surface area contributed by atoms with Crippen molar-refractivity contribution < 1.29 is 56.8 Å². The van der Waals surface area contributed by atoms with Crippen molar-refractivity contribution in [1.29, 1.82) is 0 Å². The molecule has 17 heteroatoms. The van der Waals surface area contributed by atoms with E-state index in [2.05, 4.69) is 4.72 Å². The lowest BCUT2D eigenvalue weighted by Gasteiger charge is -2.33. The number of hydrogen-bond donors (Lipinski definition) is 1. The van der Waals surface area contributed by atoms with Gasteiger partial charge in [-0.15, -0.1) is 0 Å². The highest BCUT2D eigenvalue weighted by atomic mass is 32.2. The number of rotatable bonds is 8. The number of amides is 1. The smallest absolute Gasteiger partial charge is 0.337 e. The van der Waals surface area contributed by atoms with E-state index >= 15 is 0 Å². The van der Waals surface area contributed by atoms with Gasteiger partial charge in [0.2, 0.25) is 15.9 Å². The Kier molecular flexibility index (Phi) is 7.98. The highest BCUT2D eigenvalue weighted by Crippen LogP contribution is 2.57. The van der Waals surface area contributed by atoms with E-state index in [-0.39, 0.29) is 36.7 Å². The summed E-state index contributed by atoms with van der Waals surface area (Å²) in [6.07, 6.45) is -14.4. The van der Waals surface area contributed by atoms with Gasteiger partial charge in [-0.25, -0.2) is 30.3 Å². The van der Waals surface area contributed by atoms with Crippen molar-refractivity contribution in [3.63, 3.8) is 0 Å². The topological polar surface area (TPSA) is 101 Å². The molecule has 1 aliphatic carbocycles. The molecule has 4 rings (SSSR count). The number of carbonyl (C=O) groups is 1. The van der Waals surface area contributed by atoms with E-state index in [1.165, 1.54) is 6.92 Å². The van der Waals surface area contributed by atoms with Crippen LogP contribution in [0.25, 0.3) is 0 Å². The lowest BCUT2D eigenvalue weighted by atomic mass is 9.90. The Hall–Kier alpha value is -2.79. The summed E-state index contributed by atoms with van der Waals surface area (Å²) in [4.78, 5) is 13.8. The van der Waals surface area contributed by atoms with E-state index in [0.29, 0.717) is 12.1 Å². The number of alkyl halides is 7. The van der Waals surface area contributed by atoms with Crippen LogP contribution in [0.4, 0.5) is 35.1 Å². The molecule has 1 N–H and O–H groups in total. The van der Waals surface area contributed by atoms with Crippen molar-refractivity contribution in [2.75, 3.05) is 18.8 Å². The van der Waals surface area contributed by atoms with Crippen LogP contribution >= 0.6 is 0 Å². The Morgan fingerprint density at radius 2 is 1.57 bits per heavy atom. The third kappa shape index (κ3) is 4.96. The number of halogens is 8. The van der Waals surface area contributed by atoms with Crippen LogP contribution < -0.4 is 4.72 Å². The molecular weight excluding hydrogens is 624 g/mol. The quantitative estimate of drug-likeness (QED) is 0.341. The number of benzene rings is 2. The molecule has 0 spiro atoms. The zero-order valence-electron chi connectivity index (χ0n) is 21.7. The van der Waals surface area contributed by atoms with E-state index in [1.54, 1.807) is 0 Å². The van der Waals surface area contributed by atoms with Crippen LogP contribution in [0.3, 0.4) is 0 Å². The number of nitrogens with zero attached hydrogens (tertiary/aromatic N) is 1. The number of nitrogens with one attached hydrogen (secondary N) is 1. The molecule has 2 atom stereocenters. The van der Waals surface area contributed by atoms with Gasteiger partial charge in [-0.3, -0.25) is 4.79 Å². The summed E-state index contributed by atoms with van der Waals surface area (Å²) >= 11 is 0. The fourth-order valence-electron chi connectivity index (χ4n) is 5.77. The molecule has 0 saturated carbocycles. The number of sulfonamides is 1. The SMILES string of the molecule is CCNS(=O)(=O)CCC(=O)N1CCC2(S(=O)(=O)c3ccc(F)cc3)c3ccc(C(F)(C(F)(F)F)C(F)(F)F)cc3CC12. The summed E-state index contributed by atoms with van der Waals surface area (Å²) < 4.78 is 162. The summed E-state index contributed by atoms with van der Waals surface area (Å²) in [7, 11) is -8.50. The van der Waals surface area contributed by atoms with Gasteiger partial charge in [-0.2, -0.15) is 26.3 Å². The number of likely N-dealkylation sites (tertiary alicyclic amines) is 1. The van der Waals surface area contributed by atoms with Gasteiger partial charge in [0, 0.05) is 25.1 Å². The fraction of sp³-hybridized carbons (Fsp3) is 0.480. The van der Waals surface area contributed by atoms with Gasteiger partial charge >= 0.3 is 18.0 Å². The lowest BCUT2D eigenvalue weighted by molar-refractivity contribution is -0.348. The molecule has 2 aromatic carbocycles. The minimum Gasteiger partial charge on any atom is -0.337 e. The number of carbonyl (C=O) groups excluding carboxylic acids is 1. The van der Waals surface area contributed by atoms with Crippen LogP contribution in [0, 0.1) is 5.82 Å². The van der Waals surface area contributed by atoms with Crippen LogP contribution in [0.2, 0.25) is 0 Å². The molecule has 0 radical (unpaired) electrons. The molecule has 1 saturated heterocycles. The van der Waals surface area contributed by atoms with Gasteiger partial charge in [-0.1, -0.05) is 25.1 Å². The van der Waals surface area contributed by atoms with Crippen LogP contribution in [-0.2, 0) is 41.5 Å². The minimum absolute atomic E-state index is 0.0332. The van der Waals surface area contributed by atoms with Crippen molar-refractivity contribution in [2.24, 2.45) is 0 Å². The van der Waals surface area contributed by atoms with E-state index in [4.69, 9.17) is 0 Å². The zero-order valence-corrected chi connectivity index (χ0v) is 23.3. The first-order valence-corrected chi connectivity index (χ1v) is 15.6. The van der Waals surface area contributed by atoms with E-state index in [0.717, 1.165) is 29.2 Å². The summed E-state index contributed by atoms with van der Waals surface area (Å²) in [5.74, 6) is -2.28. The number of fused-ring (bicyclic) bond motifs is 3. The highest BCUT2D eigenvalue weighted by molar-refractivity contribution is 7.92. The van der Waals surface area contributed by atoms with E-state index in [1.807, 2.05) is 0 Å². The van der Waals surface area contributed by atoms with Gasteiger partial charge in [0.25, 0.3) is 0 Å².